The first kappa shape index (κ1) is 21.0. The van der Waals surface area contributed by atoms with Crippen molar-refractivity contribution in [2.45, 2.75) is 13.8 Å². The highest BCUT2D eigenvalue weighted by Gasteiger charge is 2.15. The van der Waals surface area contributed by atoms with Crippen LogP contribution in [0.15, 0.2) is 36.4 Å². The normalized spacial score (nSPS) is 10.7. The first-order valence-electron chi connectivity index (χ1n) is 8.98. The Bertz CT molecular complexity index is 1110. The molecule has 3 aromatic rings. The molecule has 0 aliphatic heterocycles. The molecule has 0 amide bonds. The molecule has 0 aliphatic carbocycles. The molecule has 0 saturated carbocycles. The molecule has 0 bridgehead atoms. The second-order valence-electron chi connectivity index (χ2n) is 6.07. The fraction of sp³-hybridized carbons (Fsp3) is 0.286. The van der Waals surface area contributed by atoms with Crippen LogP contribution in [0.5, 0.6) is 11.5 Å². The topological polar surface area (TPSA) is 71.1 Å². The molecule has 8 heteroatoms. The molecule has 0 radical (unpaired) electrons. The Kier molecular flexibility index (Phi) is 7.00. The molecule has 29 heavy (non-hydrogen) atoms. The van der Waals surface area contributed by atoms with Gasteiger partial charge < -0.3 is 18.9 Å². The summed E-state index contributed by atoms with van der Waals surface area (Å²) in [5.41, 5.74) is 0. The van der Waals surface area contributed by atoms with E-state index in [1.165, 1.54) is 13.8 Å². The molecule has 0 unspecified atom stereocenters. The summed E-state index contributed by atoms with van der Waals surface area (Å²) in [6, 6.07) is 11.6. The predicted octanol–water partition coefficient (Wildman–Crippen LogP) is 4.67. The van der Waals surface area contributed by atoms with Gasteiger partial charge in [0.25, 0.3) is 0 Å². The van der Waals surface area contributed by atoms with Gasteiger partial charge in [-0.05, 0) is 18.2 Å². The van der Waals surface area contributed by atoms with Crippen molar-refractivity contribution in [3.05, 3.63) is 40.9 Å². The highest BCUT2D eigenvalue weighted by molar-refractivity contribution is 7.72. The third kappa shape index (κ3) is 5.21. The smallest absolute Gasteiger partial charge is 0.302 e. The number of carbonyl (C=O) groups is 2. The third-order valence-electron chi connectivity index (χ3n) is 3.95. The average molecular weight is 433 g/mol. The van der Waals surface area contributed by atoms with Gasteiger partial charge in [0.1, 0.15) is 26.4 Å². The van der Waals surface area contributed by atoms with Crippen LogP contribution < -0.4 is 9.47 Å². The molecule has 1 heterocycles. The number of carbonyl (C=O) groups excluding carboxylic acids is 2. The van der Waals surface area contributed by atoms with Crippen LogP contribution in [0.2, 0.25) is 0 Å². The summed E-state index contributed by atoms with van der Waals surface area (Å²) >= 11 is 7.24. The van der Waals surface area contributed by atoms with Gasteiger partial charge in [-0.25, -0.2) is 0 Å². The molecular weight excluding hydrogens is 412 g/mol. The van der Waals surface area contributed by atoms with Gasteiger partial charge >= 0.3 is 11.9 Å². The van der Waals surface area contributed by atoms with Crippen molar-refractivity contribution < 1.29 is 28.5 Å². The molecular formula is C21H20O6S2. The Morgan fingerprint density at radius 1 is 0.862 bits per heavy atom. The van der Waals surface area contributed by atoms with Crippen LogP contribution in [0.4, 0.5) is 0 Å². The van der Waals surface area contributed by atoms with Crippen LogP contribution in [0.3, 0.4) is 0 Å². The molecule has 3 rings (SSSR count). The number of fused-ring (bicyclic) bond motifs is 2. The molecule has 1 aromatic heterocycles. The molecule has 0 aliphatic rings. The molecule has 0 saturated heterocycles. The van der Waals surface area contributed by atoms with Crippen molar-refractivity contribution in [2.75, 3.05) is 26.4 Å². The fourth-order valence-electron chi connectivity index (χ4n) is 2.74. The van der Waals surface area contributed by atoms with Crippen LogP contribution in [-0.4, -0.2) is 38.4 Å². The standard InChI is InChI=1S/C21H20O6S2/c1-13(22)24-9-11-26-17-8-7-16-20(28)15-5-3-4-6-18(15)29-21(16)19(17)27-12-10-25-14(2)23/h3-8H,9-12H2,1-2H3. The van der Waals surface area contributed by atoms with Crippen molar-refractivity contribution >= 4 is 55.7 Å². The molecule has 0 N–H and O–H groups in total. The van der Waals surface area contributed by atoms with Crippen LogP contribution >= 0.6 is 23.6 Å². The van der Waals surface area contributed by atoms with Gasteiger partial charge in [0.05, 0.1) is 9.21 Å². The van der Waals surface area contributed by atoms with Crippen LogP contribution in [0, 0.1) is 4.51 Å². The minimum absolute atomic E-state index is 0.123. The lowest BCUT2D eigenvalue weighted by molar-refractivity contribution is -0.142. The summed E-state index contributed by atoms with van der Waals surface area (Å²) in [6.45, 7) is 3.30. The average Bonchev–Trinajstić information content (AvgIpc) is 2.69. The van der Waals surface area contributed by atoms with Gasteiger partial charge in [-0.15, -0.1) is 11.3 Å². The number of hydrogen-bond donors (Lipinski definition) is 0. The first-order chi connectivity index (χ1) is 14.0. The molecule has 152 valence electrons. The Morgan fingerprint density at radius 3 is 2.21 bits per heavy atom. The highest BCUT2D eigenvalue weighted by atomic mass is 32.1. The van der Waals surface area contributed by atoms with Gasteiger partial charge in [0.15, 0.2) is 11.5 Å². The highest BCUT2D eigenvalue weighted by Crippen LogP contribution is 2.41. The number of esters is 2. The van der Waals surface area contributed by atoms with Crippen molar-refractivity contribution in [3.63, 3.8) is 0 Å². The van der Waals surface area contributed by atoms with Crippen LogP contribution in [-0.2, 0) is 19.1 Å². The fourth-order valence-corrected chi connectivity index (χ4v) is 4.40. The van der Waals surface area contributed by atoms with Gasteiger partial charge in [-0.3, -0.25) is 9.59 Å². The molecule has 0 atom stereocenters. The van der Waals surface area contributed by atoms with E-state index in [-0.39, 0.29) is 38.4 Å². The summed E-state index contributed by atoms with van der Waals surface area (Å²) < 4.78 is 24.2. The second-order valence-corrected chi connectivity index (χ2v) is 7.53. The van der Waals surface area contributed by atoms with Gasteiger partial charge in [-0.1, -0.05) is 30.4 Å². The maximum absolute atomic E-state index is 11.0. The zero-order valence-corrected chi connectivity index (χ0v) is 17.7. The number of benzene rings is 2. The van der Waals surface area contributed by atoms with Gasteiger partial charge in [0.2, 0.25) is 0 Å². The number of ether oxygens (including phenoxy) is 4. The third-order valence-corrected chi connectivity index (χ3v) is 5.57. The minimum Gasteiger partial charge on any atom is -0.486 e. The maximum atomic E-state index is 11.0. The van der Waals surface area contributed by atoms with E-state index in [1.54, 1.807) is 17.4 Å². The SMILES string of the molecule is CC(=O)OCCOc1ccc2c(=S)c3ccccc3sc2c1OCCOC(C)=O. The van der Waals surface area contributed by atoms with E-state index in [0.29, 0.717) is 11.5 Å². The summed E-state index contributed by atoms with van der Waals surface area (Å²) in [6.07, 6.45) is 0. The molecule has 0 spiro atoms. The van der Waals surface area contributed by atoms with Crippen molar-refractivity contribution in [3.8, 4) is 11.5 Å². The first-order valence-corrected chi connectivity index (χ1v) is 10.2. The quantitative estimate of drug-likeness (QED) is 0.222. The zero-order valence-electron chi connectivity index (χ0n) is 16.1. The second kappa shape index (κ2) is 9.67. The van der Waals surface area contributed by atoms with Crippen molar-refractivity contribution in [1.82, 2.24) is 0 Å². The predicted molar refractivity (Wildman–Crippen MR) is 114 cm³/mol. The lowest BCUT2D eigenvalue weighted by Crippen LogP contribution is -2.12. The largest absolute Gasteiger partial charge is 0.486 e. The molecule has 0 fully saturated rings. The van der Waals surface area contributed by atoms with E-state index in [9.17, 15) is 9.59 Å². The summed E-state index contributed by atoms with van der Waals surface area (Å²) in [5, 5.41) is 1.90. The Hall–Kier alpha value is -2.71. The summed E-state index contributed by atoms with van der Waals surface area (Å²) in [7, 11) is 0. The maximum Gasteiger partial charge on any atom is 0.302 e. The lowest BCUT2D eigenvalue weighted by Gasteiger charge is -2.15. The number of rotatable bonds is 8. The lowest BCUT2D eigenvalue weighted by atomic mass is 10.2. The Morgan fingerprint density at radius 2 is 1.52 bits per heavy atom. The number of hydrogen-bond acceptors (Lipinski definition) is 8. The van der Waals surface area contributed by atoms with E-state index in [1.807, 2.05) is 30.3 Å². The van der Waals surface area contributed by atoms with E-state index >= 15 is 0 Å². The molecule has 6 nitrogen and oxygen atoms in total. The molecule has 2 aromatic carbocycles. The van der Waals surface area contributed by atoms with E-state index in [2.05, 4.69) is 0 Å². The van der Waals surface area contributed by atoms with Crippen LogP contribution in [0.1, 0.15) is 13.8 Å². The summed E-state index contributed by atoms with van der Waals surface area (Å²) in [4.78, 5) is 21.9. The zero-order chi connectivity index (χ0) is 20.8. The van der Waals surface area contributed by atoms with Crippen LogP contribution in [0.25, 0.3) is 20.2 Å². The van der Waals surface area contributed by atoms with E-state index in [0.717, 1.165) is 24.7 Å². The van der Waals surface area contributed by atoms with E-state index in [4.69, 9.17) is 31.2 Å². The minimum atomic E-state index is -0.369. The monoisotopic (exact) mass is 432 g/mol. The van der Waals surface area contributed by atoms with Crippen molar-refractivity contribution in [1.29, 1.82) is 0 Å². The van der Waals surface area contributed by atoms with Crippen molar-refractivity contribution in [2.24, 2.45) is 0 Å². The summed E-state index contributed by atoms with van der Waals surface area (Å²) in [5.74, 6) is 0.299. The Labute approximate surface area is 177 Å². The van der Waals surface area contributed by atoms with Gasteiger partial charge in [-0.2, -0.15) is 0 Å². The van der Waals surface area contributed by atoms with Gasteiger partial charge in [0, 0.05) is 29.3 Å². The Balaban J connectivity index is 1.98. The van der Waals surface area contributed by atoms with E-state index < -0.39 is 0 Å².